The number of hydrogen-bond donors (Lipinski definition) is 2. The Balaban J connectivity index is 1.19. The van der Waals surface area contributed by atoms with Gasteiger partial charge in [-0.05, 0) is 61.5 Å². The van der Waals surface area contributed by atoms with Crippen molar-refractivity contribution in [1.82, 2.24) is 10.6 Å². The van der Waals surface area contributed by atoms with E-state index < -0.39 is 0 Å². The molecule has 3 aliphatic rings. The molecule has 0 spiro atoms. The molecular weight excluding hydrogens is 307 g/mol. The summed E-state index contributed by atoms with van der Waals surface area (Å²) < 4.78 is 18.8. The van der Waals surface area contributed by atoms with E-state index in [1.807, 2.05) is 0 Å². The summed E-state index contributed by atoms with van der Waals surface area (Å²) in [6.45, 7) is 0.628. The van der Waals surface area contributed by atoms with Crippen LogP contribution in [-0.4, -0.2) is 25.2 Å². The molecule has 2 N–H and O–H groups in total. The number of ether oxygens (including phenoxy) is 1. The second-order valence-electron chi connectivity index (χ2n) is 7.44. The van der Waals surface area contributed by atoms with Crippen LogP contribution in [0.4, 0.5) is 9.18 Å². The average molecular weight is 332 g/mol. The highest BCUT2D eigenvalue weighted by Crippen LogP contribution is 2.58. The van der Waals surface area contributed by atoms with E-state index in [2.05, 4.69) is 10.6 Å². The van der Waals surface area contributed by atoms with Crippen LogP contribution in [0.1, 0.15) is 32.1 Å². The minimum Gasteiger partial charge on any atom is -0.489 e. The van der Waals surface area contributed by atoms with Crippen molar-refractivity contribution < 1.29 is 13.9 Å². The zero-order chi connectivity index (χ0) is 16.5. The zero-order valence-electron chi connectivity index (χ0n) is 13.8. The fraction of sp³-hybridized carbons (Fsp3) is 0.632. The van der Waals surface area contributed by atoms with Gasteiger partial charge in [0.2, 0.25) is 0 Å². The standard InChI is InChI=1S/C19H25FN2O2/c20-16-6-1-2-7-18(16)24-9-8-21-19(23)22-17-11-12-10-15(17)14-5-3-4-13(12)14/h1-2,6-7,12-15,17H,3-5,8-11H2,(H2,21,22,23)/t12-,13-,14+,15+,17-/m1/s1. The minimum absolute atomic E-state index is 0.126. The molecule has 24 heavy (non-hydrogen) atoms. The number of fused-ring (bicyclic) bond motifs is 5. The summed E-state index contributed by atoms with van der Waals surface area (Å²) in [5.41, 5.74) is 0. The molecule has 5 atom stereocenters. The van der Waals surface area contributed by atoms with Crippen LogP contribution in [0, 0.1) is 29.5 Å². The number of nitrogens with one attached hydrogen (secondary N) is 2. The van der Waals surface area contributed by atoms with Gasteiger partial charge in [0.25, 0.3) is 0 Å². The lowest BCUT2D eigenvalue weighted by Crippen LogP contribution is -2.47. The van der Waals surface area contributed by atoms with Gasteiger partial charge in [0.1, 0.15) is 6.61 Å². The fourth-order valence-corrected chi connectivity index (χ4v) is 5.34. The molecule has 2 amide bonds. The van der Waals surface area contributed by atoms with Gasteiger partial charge >= 0.3 is 6.03 Å². The van der Waals surface area contributed by atoms with Crippen LogP contribution >= 0.6 is 0 Å². The van der Waals surface area contributed by atoms with E-state index in [1.54, 1.807) is 18.2 Å². The highest BCUT2D eigenvalue weighted by molar-refractivity contribution is 5.74. The zero-order valence-corrected chi connectivity index (χ0v) is 13.8. The third-order valence-electron chi connectivity index (χ3n) is 6.23. The van der Waals surface area contributed by atoms with Crippen molar-refractivity contribution in [2.75, 3.05) is 13.2 Å². The summed E-state index contributed by atoms with van der Waals surface area (Å²) in [7, 11) is 0. The first-order valence-corrected chi connectivity index (χ1v) is 9.14. The van der Waals surface area contributed by atoms with Gasteiger partial charge < -0.3 is 15.4 Å². The highest BCUT2D eigenvalue weighted by Gasteiger charge is 2.53. The van der Waals surface area contributed by atoms with Crippen molar-refractivity contribution in [3.05, 3.63) is 30.1 Å². The van der Waals surface area contributed by atoms with Crippen LogP contribution in [0.3, 0.4) is 0 Å². The monoisotopic (exact) mass is 332 g/mol. The summed E-state index contributed by atoms with van der Waals surface area (Å²) in [4.78, 5) is 12.1. The number of amides is 2. The maximum absolute atomic E-state index is 13.4. The minimum atomic E-state index is -0.380. The van der Waals surface area contributed by atoms with E-state index in [1.165, 1.54) is 31.7 Å². The van der Waals surface area contributed by atoms with Gasteiger partial charge in [-0.1, -0.05) is 18.6 Å². The number of hydrogen-bond acceptors (Lipinski definition) is 2. The lowest BCUT2D eigenvalue weighted by molar-refractivity contribution is 0.196. The molecule has 4 rings (SSSR count). The molecule has 0 saturated heterocycles. The molecule has 3 saturated carbocycles. The van der Waals surface area contributed by atoms with Gasteiger partial charge in [-0.25, -0.2) is 9.18 Å². The molecule has 0 unspecified atom stereocenters. The van der Waals surface area contributed by atoms with Crippen LogP contribution < -0.4 is 15.4 Å². The summed E-state index contributed by atoms with van der Waals surface area (Å²) in [5, 5.41) is 5.97. The van der Waals surface area contributed by atoms with Crippen LogP contribution in [0.2, 0.25) is 0 Å². The highest BCUT2D eigenvalue weighted by atomic mass is 19.1. The topological polar surface area (TPSA) is 50.4 Å². The van der Waals surface area contributed by atoms with Gasteiger partial charge in [0.15, 0.2) is 11.6 Å². The van der Waals surface area contributed by atoms with Gasteiger partial charge in [-0.3, -0.25) is 0 Å². The quantitative estimate of drug-likeness (QED) is 0.813. The lowest BCUT2D eigenvalue weighted by atomic mass is 9.79. The number of urea groups is 1. The molecule has 0 aliphatic heterocycles. The van der Waals surface area contributed by atoms with E-state index in [4.69, 9.17) is 4.74 Å². The molecule has 3 fully saturated rings. The Morgan fingerprint density at radius 1 is 1.17 bits per heavy atom. The van der Waals surface area contributed by atoms with Crippen molar-refractivity contribution in [1.29, 1.82) is 0 Å². The van der Waals surface area contributed by atoms with E-state index in [-0.39, 0.29) is 24.2 Å². The normalized spacial score (nSPS) is 33.3. The molecule has 4 nitrogen and oxygen atoms in total. The Bertz CT molecular complexity index is 609. The molecule has 130 valence electrons. The molecule has 0 radical (unpaired) electrons. The Kier molecular flexibility index (Phi) is 4.33. The van der Waals surface area contributed by atoms with Crippen molar-refractivity contribution >= 4 is 6.03 Å². The first-order chi connectivity index (χ1) is 11.7. The summed E-state index contributed by atoms with van der Waals surface area (Å²) in [6.07, 6.45) is 6.57. The Morgan fingerprint density at radius 3 is 2.88 bits per heavy atom. The smallest absolute Gasteiger partial charge is 0.315 e. The van der Waals surface area contributed by atoms with Crippen LogP contribution in [0.25, 0.3) is 0 Å². The summed E-state index contributed by atoms with van der Waals surface area (Å²) in [6, 6.07) is 6.51. The summed E-state index contributed by atoms with van der Waals surface area (Å²) >= 11 is 0. The van der Waals surface area contributed by atoms with Crippen LogP contribution in [0.15, 0.2) is 24.3 Å². The van der Waals surface area contributed by atoms with Crippen LogP contribution in [0.5, 0.6) is 5.75 Å². The molecule has 5 heteroatoms. The number of halogens is 1. The molecule has 3 aliphatic carbocycles. The maximum Gasteiger partial charge on any atom is 0.315 e. The van der Waals surface area contributed by atoms with E-state index in [0.29, 0.717) is 18.5 Å². The third-order valence-corrected chi connectivity index (χ3v) is 6.23. The third kappa shape index (κ3) is 2.96. The van der Waals surface area contributed by atoms with E-state index >= 15 is 0 Å². The molecular formula is C19H25FN2O2. The van der Waals surface area contributed by atoms with Gasteiger partial charge in [0, 0.05) is 6.04 Å². The predicted octanol–water partition coefficient (Wildman–Crippen LogP) is 3.33. The molecule has 1 aromatic carbocycles. The first kappa shape index (κ1) is 15.7. The Labute approximate surface area is 142 Å². The number of para-hydroxylation sites is 1. The largest absolute Gasteiger partial charge is 0.489 e. The van der Waals surface area contributed by atoms with E-state index in [9.17, 15) is 9.18 Å². The van der Waals surface area contributed by atoms with Crippen molar-refractivity contribution in [2.45, 2.75) is 38.1 Å². The molecule has 1 aromatic rings. The van der Waals surface area contributed by atoms with Gasteiger partial charge in [0.05, 0.1) is 6.54 Å². The number of rotatable bonds is 5. The fourth-order valence-electron chi connectivity index (χ4n) is 5.34. The summed E-state index contributed by atoms with van der Waals surface area (Å²) in [5.74, 6) is 3.14. The lowest BCUT2D eigenvalue weighted by Gasteiger charge is -2.32. The van der Waals surface area contributed by atoms with Crippen molar-refractivity contribution in [3.63, 3.8) is 0 Å². The Hall–Kier alpha value is -1.78. The average Bonchev–Trinajstić information content (AvgIpc) is 3.25. The Morgan fingerprint density at radius 2 is 2.00 bits per heavy atom. The molecule has 0 aromatic heterocycles. The second-order valence-corrected chi connectivity index (χ2v) is 7.44. The number of benzene rings is 1. The van der Waals surface area contributed by atoms with Gasteiger partial charge in [-0.15, -0.1) is 0 Å². The first-order valence-electron chi connectivity index (χ1n) is 9.14. The van der Waals surface area contributed by atoms with E-state index in [0.717, 1.165) is 24.2 Å². The second kappa shape index (κ2) is 6.61. The molecule has 2 bridgehead atoms. The van der Waals surface area contributed by atoms with Gasteiger partial charge in [-0.2, -0.15) is 0 Å². The van der Waals surface area contributed by atoms with Crippen molar-refractivity contribution in [2.24, 2.45) is 23.7 Å². The number of carbonyl (C=O) groups is 1. The predicted molar refractivity (Wildman–Crippen MR) is 89.3 cm³/mol. The SMILES string of the molecule is O=C(NCCOc1ccccc1F)N[C@@H]1C[C@H]2C[C@H]1[C@H]1CCC[C@H]21. The number of carbonyl (C=O) groups excluding carboxylic acids is 1. The van der Waals surface area contributed by atoms with Crippen molar-refractivity contribution in [3.8, 4) is 5.75 Å². The van der Waals surface area contributed by atoms with Crippen LogP contribution in [-0.2, 0) is 0 Å². The maximum atomic E-state index is 13.4. The molecule has 0 heterocycles.